The Kier molecular flexibility index (Phi) is 7.58. The van der Waals surface area contributed by atoms with E-state index in [1.165, 1.54) is 12.1 Å². The molecule has 11 heteroatoms. The van der Waals surface area contributed by atoms with Crippen LogP contribution in [0, 0.1) is 0 Å². The predicted octanol–water partition coefficient (Wildman–Crippen LogP) is 5.67. The Balaban J connectivity index is 1.43. The molecule has 0 atom stereocenters. The number of anilines is 1. The highest BCUT2D eigenvalue weighted by molar-refractivity contribution is 7.81. The molecule has 9 nitrogen and oxygen atoms in total. The minimum atomic E-state index is -5.32. The molecule has 2 N–H and O–H groups in total. The first-order valence-corrected chi connectivity index (χ1v) is 13.1. The van der Waals surface area contributed by atoms with Crippen molar-refractivity contribution in [2.75, 3.05) is 11.9 Å². The molecule has 0 saturated carbocycles. The van der Waals surface area contributed by atoms with Crippen LogP contribution >= 0.6 is 0 Å². The van der Waals surface area contributed by atoms with Crippen LogP contribution in [0.3, 0.4) is 0 Å². The molecule has 1 aliphatic rings. The summed E-state index contributed by atoms with van der Waals surface area (Å²) in [5.74, 6) is -0.519. The molecule has 0 saturated heterocycles. The Morgan fingerprint density at radius 3 is 2.11 bits per heavy atom. The highest BCUT2D eigenvalue weighted by Crippen LogP contribution is 2.44. The lowest BCUT2D eigenvalue weighted by molar-refractivity contribution is 0.0636. The summed E-state index contributed by atoms with van der Waals surface area (Å²) < 4.78 is 50.1. The Morgan fingerprint density at radius 1 is 0.921 bits per heavy atom. The van der Waals surface area contributed by atoms with Gasteiger partial charge in [0.05, 0.1) is 0 Å². The van der Waals surface area contributed by atoms with Crippen molar-refractivity contribution in [3.05, 3.63) is 83.4 Å². The van der Waals surface area contributed by atoms with Crippen molar-refractivity contribution in [1.29, 1.82) is 0 Å². The second kappa shape index (κ2) is 10.7. The Morgan fingerprint density at radius 2 is 1.53 bits per heavy atom. The Hall–Kier alpha value is -4.12. The van der Waals surface area contributed by atoms with Gasteiger partial charge in [0.1, 0.15) is 18.0 Å². The molecule has 0 heterocycles. The highest BCUT2D eigenvalue weighted by atomic mass is 32.3. The van der Waals surface area contributed by atoms with Gasteiger partial charge in [-0.1, -0.05) is 52.4 Å². The van der Waals surface area contributed by atoms with E-state index in [4.69, 9.17) is 9.47 Å². The minimum Gasteiger partial charge on any atom is -0.449 e. The molecule has 200 valence electrons. The van der Waals surface area contributed by atoms with E-state index in [9.17, 15) is 21.9 Å². The van der Waals surface area contributed by atoms with Crippen LogP contribution in [0.4, 0.5) is 19.2 Å². The lowest BCUT2D eigenvalue weighted by atomic mass is 9.98. The van der Waals surface area contributed by atoms with E-state index in [1.54, 1.807) is 20.8 Å². The molecule has 0 spiro atoms. The van der Waals surface area contributed by atoms with Crippen molar-refractivity contribution in [3.63, 3.8) is 0 Å². The lowest BCUT2D eigenvalue weighted by Crippen LogP contribution is -2.27. The van der Waals surface area contributed by atoms with Crippen LogP contribution in [0.2, 0.25) is 0 Å². The van der Waals surface area contributed by atoms with Crippen LogP contribution in [0.15, 0.2) is 66.7 Å². The summed E-state index contributed by atoms with van der Waals surface area (Å²) in [6, 6.07) is 19.6. The van der Waals surface area contributed by atoms with Gasteiger partial charge in [0.25, 0.3) is 0 Å². The fourth-order valence-electron chi connectivity index (χ4n) is 4.24. The maximum Gasteiger partial charge on any atom is 0.488 e. The molecule has 3 aromatic rings. The molecule has 3 aromatic carbocycles. The number of ether oxygens (including phenoxy) is 2. The highest BCUT2D eigenvalue weighted by Gasteiger charge is 2.29. The standard InChI is InChI=1S/C27H27FN2O7S/c1-27(2,3)36-26(32)30-18-12-17(13-19(14-18)37-38(28,33)34)15-29-25(31)35-16-24-22-10-6-4-8-20(22)21-9-5-7-11-23(21)24/h4-14,24H,15-16H2,1-3H3,(H,29,31)(H,30,32). The Bertz CT molecular complexity index is 1420. The molecule has 2 amide bonds. The van der Waals surface area contributed by atoms with Crippen LogP contribution in [0.5, 0.6) is 5.75 Å². The van der Waals surface area contributed by atoms with Crippen molar-refractivity contribution >= 4 is 28.4 Å². The second-order valence-corrected chi connectivity index (χ2v) is 10.6. The van der Waals surface area contributed by atoms with Crippen LogP contribution < -0.4 is 14.8 Å². The fourth-order valence-corrected chi connectivity index (χ4v) is 4.57. The van der Waals surface area contributed by atoms with Gasteiger partial charge >= 0.3 is 22.7 Å². The maximum atomic E-state index is 13.1. The summed E-state index contributed by atoms with van der Waals surface area (Å²) in [6.45, 7) is 5.00. The van der Waals surface area contributed by atoms with E-state index < -0.39 is 34.0 Å². The molecule has 0 radical (unpaired) electrons. The molecule has 0 aromatic heterocycles. The number of nitrogens with one attached hydrogen (secondary N) is 2. The van der Waals surface area contributed by atoms with Gasteiger partial charge in [-0.15, -0.1) is 0 Å². The van der Waals surface area contributed by atoms with Gasteiger partial charge in [-0.25, -0.2) is 9.59 Å². The van der Waals surface area contributed by atoms with Crippen molar-refractivity contribution in [2.24, 2.45) is 0 Å². The molecular formula is C27H27FN2O7S. The van der Waals surface area contributed by atoms with Crippen molar-refractivity contribution in [2.45, 2.75) is 38.8 Å². The molecule has 0 aliphatic heterocycles. The smallest absolute Gasteiger partial charge is 0.449 e. The van der Waals surface area contributed by atoms with E-state index in [0.717, 1.165) is 28.3 Å². The van der Waals surface area contributed by atoms with Gasteiger partial charge in [0.15, 0.2) is 0 Å². The molecule has 38 heavy (non-hydrogen) atoms. The summed E-state index contributed by atoms with van der Waals surface area (Å²) in [4.78, 5) is 24.7. The molecule has 0 bridgehead atoms. The normalized spacial score (nSPS) is 12.7. The summed E-state index contributed by atoms with van der Waals surface area (Å²) in [5.41, 5.74) is 3.93. The molecular weight excluding hydrogens is 515 g/mol. The average Bonchev–Trinajstić information content (AvgIpc) is 3.12. The SMILES string of the molecule is CC(C)(C)OC(=O)Nc1cc(CNC(=O)OCC2c3ccccc3-c3ccccc32)cc(OS(=O)(=O)F)c1. The van der Waals surface area contributed by atoms with Gasteiger partial charge < -0.3 is 19.0 Å². The van der Waals surface area contributed by atoms with Gasteiger partial charge in [-0.05, 0) is 60.7 Å². The molecule has 4 rings (SSSR count). The number of hydrogen-bond acceptors (Lipinski definition) is 7. The van der Waals surface area contributed by atoms with Crippen LogP contribution in [-0.2, 0) is 26.5 Å². The van der Waals surface area contributed by atoms with Crippen LogP contribution in [-0.4, -0.2) is 32.8 Å². The van der Waals surface area contributed by atoms with Crippen molar-refractivity contribution in [3.8, 4) is 16.9 Å². The van der Waals surface area contributed by atoms with E-state index in [2.05, 4.69) is 14.8 Å². The number of halogens is 1. The predicted molar refractivity (Wildman–Crippen MR) is 139 cm³/mol. The van der Waals surface area contributed by atoms with Crippen LogP contribution in [0.25, 0.3) is 11.1 Å². The fraction of sp³-hybridized carbons (Fsp3) is 0.259. The summed E-state index contributed by atoms with van der Waals surface area (Å²) in [5, 5.41) is 5.01. The zero-order valence-electron chi connectivity index (χ0n) is 21.0. The first-order valence-electron chi connectivity index (χ1n) is 11.7. The quantitative estimate of drug-likeness (QED) is 0.369. The summed E-state index contributed by atoms with van der Waals surface area (Å²) >= 11 is 0. The minimum absolute atomic E-state index is 0.0738. The first-order chi connectivity index (χ1) is 17.9. The molecule has 0 unspecified atom stereocenters. The van der Waals surface area contributed by atoms with Gasteiger partial charge in [-0.3, -0.25) is 5.32 Å². The van der Waals surface area contributed by atoms with E-state index in [0.29, 0.717) is 5.56 Å². The Labute approximate surface area is 220 Å². The molecule has 0 fully saturated rings. The van der Waals surface area contributed by atoms with Gasteiger partial charge in [-0.2, -0.15) is 8.42 Å². The number of carbonyl (C=O) groups excluding carboxylic acids is 2. The van der Waals surface area contributed by atoms with Gasteiger partial charge in [0.2, 0.25) is 0 Å². The average molecular weight is 543 g/mol. The number of fused-ring (bicyclic) bond motifs is 3. The van der Waals surface area contributed by atoms with E-state index in [-0.39, 0.29) is 24.8 Å². The first kappa shape index (κ1) is 26.9. The monoisotopic (exact) mass is 542 g/mol. The number of hydrogen-bond donors (Lipinski definition) is 2. The molecule has 1 aliphatic carbocycles. The number of rotatable bonds is 7. The zero-order chi connectivity index (χ0) is 27.5. The topological polar surface area (TPSA) is 120 Å². The van der Waals surface area contributed by atoms with E-state index in [1.807, 2.05) is 48.5 Å². The van der Waals surface area contributed by atoms with Gasteiger partial charge in [0, 0.05) is 24.2 Å². The summed E-state index contributed by atoms with van der Waals surface area (Å²) in [7, 11) is -5.32. The third kappa shape index (κ3) is 7.00. The third-order valence-electron chi connectivity index (χ3n) is 5.59. The number of benzene rings is 3. The summed E-state index contributed by atoms with van der Waals surface area (Å²) in [6.07, 6.45) is -1.52. The van der Waals surface area contributed by atoms with Crippen molar-refractivity contribution < 1.29 is 35.5 Å². The van der Waals surface area contributed by atoms with E-state index >= 15 is 0 Å². The van der Waals surface area contributed by atoms with Crippen molar-refractivity contribution in [1.82, 2.24) is 5.32 Å². The number of amides is 2. The third-order valence-corrected chi connectivity index (χ3v) is 5.98. The lowest BCUT2D eigenvalue weighted by Gasteiger charge is -2.20. The zero-order valence-corrected chi connectivity index (χ0v) is 21.8. The maximum absolute atomic E-state index is 13.1. The largest absolute Gasteiger partial charge is 0.488 e. The van der Waals surface area contributed by atoms with Crippen LogP contribution in [0.1, 0.15) is 43.4 Å². The number of alkyl carbamates (subject to hydrolysis) is 1. The second-order valence-electron chi connectivity index (χ2n) is 9.65. The number of carbonyl (C=O) groups is 2.